The lowest BCUT2D eigenvalue weighted by Gasteiger charge is -2.16. The predicted octanol–water partition coefficient (Wildman–Crippen LogP) is 0.831. The third-order valence-corrected chi connectivity index (χ3v) is 3.66. The standard InChI is InChI=1S/C14H22N2O4S/c1-11(18)16-12(13-4-2-9-21-13)10-14(19)15-5-3-7-20-8-6-17/h2,4,9,12,17H,3,5-8,10H2,1H3,(H,15,19)(H,16,18). The molecule has 21 heavy (non-hydrogen) atoms. The number of ether oxygens (including phenoxy) is 1. The fourth-order valence-electron chi connectivity index (χ4n) is 1.78. The molecule has 1 aromatic heterocycles. The lowest BCUT2D eigenvalue weighted by molar-refractivity contribution is -0.122. The van der Waals surface area contributed by atoms with Gasteiger partial charge in [0.1, 0.15) is 0 Å². The second-order valence-electron chi connectivity index (χ2n) is 4.51. The monoisotopic (exact) mass is 314 g/mol. The van der Waals surface area contributed by atoms with E-state index < -0.39 is 0 Å². The Kier molecular flexibility index (Phi) is 8.65. The van der Waals surface area contributed by atoms with E-state index in [1.54, 1.807) is 0 Å². The Labute approximate surface area is 128 Å². The first-order valence-electron chi connectivity index (χ1n) is 6.89. The highest BCUT2D eigenvalue weighted by molar-refractivity contribution is 7.10. The molecule has 6 nitrogen and oxygen atoms in total. The third-order valence-electron chi connectivity index (χ3n) is 2.68. The van der Waals surface area contributed by atoms with Gasteiger partial charge in [-0.25, -0.2) is 0 Å². The van der Waals surface area contributed by atoms with Gasteiger partial charge in [0.25, 0.3) is 0 Å². The summed E-state index contributed by atoms with van der Waals surface area (Å²) in [6.45, 7) is 2.78. The Morgan fingerprint density at radius 2 is 2.24 bits per heavy atom. The molecule has 1 aromatic rings. The molecule has 3 N–H and O–H groups in total. The van der Waals surface area contributed by atoms with Crippen molar-refractivity contribution in [3.63, 3.8) is 0 Å². The first-order chi connectivity index (χ1) is 10.1. The van der Waals surface area contributed by atoms with Crippen molar-refractivity contribution in [1.82, 2.24) is 10.6 Å². The molecule has 0 bridgehead atoms. The Hall–Kier alpha value is -1.44. The van der Waals surface area contributed by atoms with E-state index in [1.807, 2.05) is 17.5 Å². The van der Waals surface area contributed by atoms with Crippen molar-refractivity contribution in [1.29, 1.82) is 0 Å². The zero-order chi connectivity index (χ0) is 15.5. The van der Waals surface area contributed by atoms with E-state index in [0.29, 0.717) is 26.2 Å². The van der Waals surface area contributed by atoms with Crippen LogP contribution in [0.4, 0.5) is 0 Å². The van der Waals surface area contributed by atoms with Crippen LogP contribution in [0.3, 0.4) is 0 Å². The maximum atomic E-state index is 11.9. The number of aliphatic hydroxyl groups excluding tert-OH is 1. The summed E-state index contributed by atoms with van der Waals surface area (Å²) in [4.78, 5) is 24.1. The predicted molar refractivity (Wildman–Crippen MR) is 81.0 cm³/mol. The van der Waals surface area contributed by atoms with Crippen LogP contribution in [0.25, 0.3) is 0 Å². The summed E-state index contributed by atoms with van der Waals surface area (Å²) in [5.41, 5.74) is 0. The van der Waals surface area contributed by atoms with E-state index in [2.05, 4.69) is 10.6 Å². The van der Waals surface area contributed by atoms with Crippen LogP contribution in [0.5, 0.6) is 0 Å². The maximum Gasteiger partial charge on any atom is 0.222 e. The van der Waals surface area contributed by atoms with Gasteiger partial charge in [-0.1, -0.05) is 6.07 Å². The van der Waals surface area contributed by atoms with E-state index in [4.69, 9.17) is 9.84 Å². The molecule has 0 radical (unpaired) electrons. The van der Waals surface area contributed by atoms with Crippen LogP contribution >= 0.6 is 11.3 Å². The largest absolute Gasteiger partial charge is 0.394 e. The molecule has 0 aliphatic heterocycles. The van der Waals surface area contributed by atoms with Gasteiger partial charge >= 0.3 is 0 Å². The average Bonchev–Trinajstić information content (AvgIpc) is 2.95. The van der Waals surface area contributed by atoms with Crippen molar-refractivity contribution in [3.8, 4) is 0 Å². The van der Waals surface area contributed by atoms with Crippen LogP contribution in [0.15, 0.2) is 17.5 Å². The Morgan fingerprint density at radius 1 is 1.43 bits per heavy atom. The van der Waals surface area contributed by atoms with E-state index in [9.17, 15) is 9.59 Å². The summed E-state index contributed by atoms with van der Waals surface area (Å²) in [5.74, 6) is -0.261. The van der Waals surface area contributed by atoms with Gasteiger partial charge in [0.05, 0.1) is 25.7 Å². The molecule has 1 heterocycles. The highest BCUT2D eigenvalue weighted by Crippen LogP contribution is 2.21. The molecule has 7 heteroatoms. The van der Waals surface area contributed by atoms with Crippen LogP contribution in [0.2, 0.25) is 0 Å². The third kappa shape index (κ3) is 7.79. The second-order valence-corrected chi connectivity index (χ2v) is 5.49. The van der Waals surface area contributed by atoms with Crippen LogP contribution in [0.1, 0.15) is 30.7 Å². The molecule has 0 aliphatic carbocycles. The van der Waals surface area contributed by atoms with Gasteiger partial charge in [-0.2, -0.15) is 0 Å². The van der Waals surface area contributed by atoms with Crippen LogP contribution in [-0.2, 0) is 14.3 Å². The zero-order valence-corrected chi connectivity index (χ0v) is 12.9. The molecule has 118 valence electrons. The smallest absolute Gasteiger partial charge is 0.222 e. The zero-order valence-electron chi connectivity index (χ0n) is 12.1. The summed E-state index contributed by atoms with van der Waals surface area (Å²) >= 11 is 1.51. The minimum absolute atomic E-state index is 0.00552. The van der Waals surface area contributed by atoms with Gasteiger partial charge in [-0.15, -0.1) is 11.3 Å². The van der Waals surface area contributed by atoms with Crippen molar-refractivity contribution in [2.45, 2.75) is 25.8 Å². The van der Waals surface area contributed by atoms with Gasteiger partial charge < -0.3 is 20.5 Å². The molecule has 0 fully saturated rings. The summed E-state index contributed by atoms with van der Waals surface area (Å²) in [5, 5.41) is 16.0. The summed E-state index contributed by atoms with van der Waals surface area (Å²) in [6, 6.07) is 3.51. The number of nitrogens with one attached hydrogen (secondary N) is 2. The lowest BCUT2D eigenvalue weighted by atomic mass is 10.1. The van der Waals surface area contributed by atoms with Crippen molar-refractivity contribution < 1.29 is 19.4 Å². The normalized spacial score (nSPS) is 11.9. The highest BCUT2D eigenvalue weighted by Gasteiger charge is 2.17. The number of carbonyl (C=O) groups is 2. The molecular formula is C14H22N2O4S. The molecule has 1 rings (SSSR count). The Balaban J connectivity index is 2.30. The second kappa shape index (κ2) is 10.3. The van der Waals surface area contributed by atoms with Crippen LogP contribution in [0, 0.1) is 0 Å². The number of amides is 2. The maximum absolute atomic E-state index is 11.9. The number of hydrogen-bond donors (Lipinski definition) is 3. The van der Waals surface area contributed by atoms with E-state index >= 15 is 0 Å². The minimum Gasteiger partial charge on any atom is -0.394 e. The number of hydrogen-bond acceptors (Lipinski definition) is 5. The Morgan fingerprint density at radius 3 is 2.86 bits per heavy atom. The molecule has 0 aromatic carbocycles. The first kappa shape index (κ1) is 17.6. The highest BCUT2D eigenvalue weighted by atomic mass is 32.1. The molecule has 1 unspecified atom stereocenters. The minimum atomic E-state index is -0.284. The number of rotatable bonds is 10. The first-order valence-corrected chi connectivity index (χ1v) is 7.77. The van der Waals surface area contributed by atoms with Crippen molar-refractivity contribution >= 4 is 23.2 Å². The summed E-state index contributed by atoms with van der Waals surface area (Å²) < 4.78 is 5.10. The molecule has 0 aliphatic rings. The van der Waals surface area contributed by atoms with Crippen LogP contribution in [-0.4, -0.2) is 43.3 Å². The topological polar surface area (TPSA) is 87.7 Å². The molecule has 0 saturated carbocycles. The van der Waals surface area contributed by atoms with Gasteiger partial charge in [0.15, 0.2) is 0 Å². The van der Waals surface area contributed by atoms with Crippen molar-refractivity contribution in [3.05, 3.63) is 22.4 Å². The Bertz CT molecular complexity index is 423. The number of carbonyl (C=O) groups excluding carboxylic acids is 2. The molecule has 2 amide bonds. The van der Waals surface area contributed by atoms with Gasteiger partial charge in [-0.05, 0) is 17.9 Å². The lowest BCUT2D eigenvalue weighted by Crippen LogP contribution is -2.32. The summed E-state index contributed by atoms with van der Waals surface area (Å²) in [7, 11) is 0. The average molecular weight is 314 g/mol. The number of thiophene rings is 1. The van der Waals surface area contributed by atoms with Crippen LogP contribution < -0.4 is 10.6 Å². The fraction of sp³-hybridized carbons (Fsp3) is 0.571. The number of aliphatic hydroxyl groups is 1. The van der Waals surface area contributed by atoms with Crippen molar-refractivity contribution in [2.75, 3.05) is 26.4 Å². The molecular weight excluding hydrogens is 292 g/mol. The summed E-state index contributed by atoms with van der Waals surface area (Å²) in [6.07, 6.45) is 0.910. The van der Waals surface area contributed by atoms with E-state index in [0.717, 1.165) is 4.88 Å². The fourth-order valence-corrected chi connectivity index (χ4v) is 2.56. The van der Waals surface area contributed by atoms with Gasteiger partial charge in [0, 0.05) is 25.0 Å². The molecule has 0 spiro atoms. The van der Waals surface area contributed by atoms with Gasteiger partial charge in [0.2, 0.25) is 11.8 Å². The molecule has 0 saturated heterocycles. The van der Waals surface area contributed by atoms with E-state index in [1.165, 1.54) is 18.3 Å². The quantitative estimate of drug-likeness (QED) is 0.558. The van der Waals surface area contributed by atoms with E-state index in [-0.39, 0.29) is 30.9 Å². The van der Waals surface area contributed by atoms with Crippen molar-refractivity contribution in [2.24, 2.45) is 0 Å². The van der Waals surface area contributed by atoms with Gasteiger partial charge in [-0.3, -0.25) is 9.59 Å². The SMILES string of the molecule is CC(=O)NC(CC(=O)NCCCOCCO)c1cccs1. The molecule has 1 atom stereocenters.